The smallest absolute Gasteiger partial charge is 0.335 e. The van der Waals surface area contributed by atoms with Gasteiger partial charge in [0, 0.05) is 11.4 Å². The van der Waals surface area contributed by atoms with Gasteiger partial charge in [-0.1, -0.05) is 18.2 Å². The predicted octanol–water partition coefficient (Wildman–Crippen LogP) is 5.70. The number of allylic oxidation sites excluding steroid dienone is 6. The number of hydrogen-bond acceptors (Lipinski definition) is 2. The maximum atomic E-state index is 10.9. The fourth-order valence-electron chi connectivity index (χ4n) is 2.88. The number of aromatic carboxylic acids is 1. The van der Waals surface area contributed by atoms with E-state index in [1.165, 1.54) is 29.6 Å². The molecule has 0 unspecified atom stereocenters. The molecule has 0 bridgehead atoms. The number of nitrogens with one attached hydrogen (secondary N) is 1. The zero-order valence-electron chi connectivity index (χ0n) is 14.6. The summed E-state index contributed by atoms with van der Waals surface area (Å²) in [5, 5.41) is 12.1. The molecule has 126 valence electrons. The van der Waals surface area contributed by atoms with Crippen molar-refractivity contribution >= 4 is 11.7 Å². The third-order valence-corrected chi connectivity index (χ3v) is 4.36. The molecule has 0 aromatic heterocycles. The Balaban J connectivity index is 2.06. The van der Waals surface area contributed by atoms with Crippen LogP contribution in [-0.2, 0) is 0 Å². The van der Waals surface area contributed by atoms with Gasteiger partial charge in [0.25, 0.3) is 0 Å². The molecule has 0 radical (unpaired) electrons. The van der Waals surface area contributed by atoms with Crippen LogP contribution in [0.3, 0.4) is 0 Å². The third kappa shape index (κ3) is 4.72. The summed E-state index contributed by atoms with van der Waals surface area (Å²) < 4.78 is 0. The lowest BCUT2D eigenvalue weighted by Crippen LogP contribution is -2.00. The van der Waals surface area contributed by atoms with E-state index in [1.807, 2.05) is 6.08 Å². The van der Waals surface area contributed by atoms with E-state index in [4.69, 9.17) is 5.11 Å². The van der Waals surface area contributed by atoms with Gasteiger partial charge in [-0.05, 0) is 87.1 Å². The maximum Gasteiger partial charge on any atom is 0.335 e. The standard InChI is InChI=1S/C21H25NO2/c1-14(13-19-7-5-6-15(2)17(19)4)12-16(3)22-20-10-8-18(9-11-20)21(23)24/h8-13,22H,3,5-7H2,1-2,4H3,(H,23,24)/b14-12+,19-13?. The Bertz CT molecular complexity index is 734. The van der Waals surface area contributed by atoms with Crippen molar-refractivity contribution in [3.8, 4) is 0 Å². The average molecular weight is 323 g/mol. The molecule has 1 aliphatic rings. The van der Waals surface area contributed by atoms with Gasteiger partial charge in [0.05, 0.1) is 5.56 Å². The molecule has 0 saturated heterocycles. The SMILES string of the molecule is C=C(/C=C(\C)C=C1CCCC(C)=C1C)Nc1ccc(C(=O)O)cc1. The minimum absolute atomic E-state index is 0.276. The molecule has 0 spiro atoms. The Morgan fingerprint density at radius 3 is 2.50 bits per heavy atom. The summed E-state index contributed by atoms with van der Waals surface area (Å²) in [6.07, 6.45) is 7.79. The number of hydrogen-bond donors (Lipinski definition) is 2. The number of carboxylic acids is 1. The van der Waals surface area contributed by atoms with Crippen molar-refractivity contribution in [1.82, 2.24) is 0 Å². The average Bonchev–Trinajstić information content (AvgIpc) is 2.52. The number of rotatable bonds is 5. The molecule has 2 rings (SSSR count). The number of carbonyl (C=O) groups is 1. The second-order valence-corrected chi connectivity index (χ2v) is 6.35. The monoisotopic (exact) mass is 323 g/mol. The maximum absolute atomic E-state index is 10.9. The van der Waals surface area contributed by atoms with Gasteiger partial charge < -0.3 is 10.4 Å². The topological polar surface area (TPSA) is 49.3 Å². The first-order valence-corrected chi connectivity index (χ1v) is 8.21. The molecule has 1 aromatic carbocycles. The zero-order chi connectivity index (χ0) is 17.7. The molecule has 0 fully saturated rings. The Morgan fingerprint density at radius 1 is 1.21 bits per heavy atom. The van der Waals surface area contributed by atoms with Crippen molar-refractivity contribution in [3.63, 3.8) is 0 Å². The van der Waals surface area contributed by atoms with Crippen molar-refractivity contribution in [2.75, 3.05) is 5.32 Å². The lowest BCUT2D eigenvalue weighted by molar-refractivity contribution is 0.0697. The van der Waals surface area contributed by atoms with Crippen LogP contribution < -0.4 is 5.32 Å². The molecule has 0 aliphatic heterocycles. The zero-order valence-corrected chi connectivity index (χ0v) is 14.6. The van der Waals surface area contributed by atoms with Crippen molar-refractivity contribution in [1.29, 1.82) is 0 Å². The molecule has 1 aromatic rings. The van der Waals surface area contributed by atoms with Crippen LogP contribution in [0.1, 0.15) is 50.4 Å². The van der Waals surface area contributed by atoms with Crippen LogP contribution in [0.25, 0.3) is 0 Å². The van der Waals surface area contributed by atoms with Crippen LogP contribution in [0.2, 0.25) is 0 Å². The fraction of sp³-hybridized carbons (Fsp3) is 0.286. The van der Waals surface area contributed by atoms with Crippen LogP contribution in [-0.4, -0.2) is 11.1 Å². The van der Waals surface area contributed by atoms with Crippen LogP contribution in [0.15, 0.2) is 71.0 Å². The minimum atomic E-state index is -0.922. The summed E-state index contributed by atoms with van der Waals surface area (Å²) in [4.78, 5) is 10.9. The highest BCUT2D eigenvalue weighted by molar-refractivity contribution is 5.88. The molecule has 2 N–H and O–H groups in total. The molecule has 0 saturated carbocycles. The molecule has 0 heterocycles. The van der Waals surface area contributed by atoms with Crippen LogP contribution in [0.4, 0.5) is 5.69 Å². The van der Waals surface area contributed by atoms with Gasteiger partial charge >= 0.3 is 5.97 Å². The molecule has 1 aliphatic carbocycles. The van der Waals surface area contributed by atoms with Gasteiger partial charge in [0.2, 0.25) is 0 Å². The number of carboxylic acid groups (broad SMARTS) is 1. The van der Waals surface area contributed by atoms with Gasteiger partial charge in [0.15, 0.2) is 0 Å². The van der Waals surface area contributed by atoms with E-state index in [0.717, 1.165) is 23.4 Å². The quantitative estimate of drug-likeness (QED) is 0.683. The van der Waals surface area contributed by atoms with E-state index < -0.39 is 5.97 Å². The summed E-state index contributed by atoms with van der Waals surface area (Å²) in [5.41, 5.74) is 7.34. The van der Waals surface area contributed by atoms with Gasteiger partial charge in [-0.25, -0.2) is 4.79 Å². The fourth-order valence-corrected chi connectivity index (χ4v) is 2.88. The van der Waals surface area contributed by atoms with Gasteiger partial charge in [0.1, 0.15) is 0 Å². The minimum Gasteiger partial charge on any atom is -0.478 e. The van der Waals surface area contributed by atoms with E-state index in [1.54, 1.807) is 24.3 Å². The number of anilines is 1. The molecular formula is C21H25NO2. The van der Waals surface area contributed by atoms with Gasteiger partial charge in [-0.2, -0.15) is 0 Å². The normalized spacial score (nSPS) is 17.1. The molecule has 0 amide bonds. The molecule has 3 nitrogen and oxygen atoms in total. The van der Waals surface area contributed by atoms with E-state index in [9.17, 15) is 4.79 Å². The van der Waals surface area contributed by atoms with Crippen molar-refractivity contribution < 1.29 is 9.90 Å². The second-order valence-electron chi connectivity index (χ2n) is 6.35. The third-order valence-electron chi connectivity index (χ3n) is 4.36. The lowest BCUT2D eigenvalue weighted by Gasteiger charge is -2.18. The van der Waals surface area contributed by atoms with Crippen molar-refractivity contribution in [2.24, 2.45) is 0 Å². The van der Waals surface area contributed by atoms with Crippen molar-refractivity contribution in [2.45, 2.75) is 40.0 Å². The highest BCUT2D eigenvalue weighted by Gasteiger charge is 2.10. The Morgan fingerprint density at radius 2 is 1.88 bits per heavy atom. The molecule has 24 heavy (non-hydrogen) atoms. The first-order chi connectivity index (χ1) is 11.4. The van der Waals surface area contributed by atoms with E-state index in [0.29, 0.717) is 0 Å². The second kappa shape index (κ2) is 7.82. The van der Waals surface area contributed by atoms with Crippen LogP contribution in [0, 0.1) is 0 Å². The largest absolute Gasteiger partial charge is 0.478 e. The van der Waals surface area contributed by atoms with E-state index in [2.05, 4.69) is 38.7 Å². The highest BCUT2D eigenvalue weighted by Crippen LogP contribution is 2.29. The highest BCUT2D eigenvalue weighted by atomic mass is 16.4. The van der Waals surface area contributed by atoms with Gasteiger partial charge in [-0.3, -0.25) is 0 Å². The summed E-state index contributed by atoms with van der Waals surface area (Å²) in [6.45, 7) is 10.5. The molecule has 0 atom stereocenters. The van der Waals surface area contributed by atoms with E-state index >= 15 is 0 Å². The Labute approximate surface area is 144 Å². The summed E-state index contributed by atoms with van der Waals surface area (Å²) in [6, 6.07) is 6.65. The summed E-state index contributed by atoms with van der Waals surface area (Å²) in [7, 11) is 0. The van der Waals surface area contributed by atoms with Crippen molar-refractivity contribution in [3.05, 3.63) is 76.5 Å². The van der Waals surface area contributed by atoms with Gasteiger partial charge in [-0.15, -0.1) is 0 Å². The van der Waals surface area contributed by atoms with Crippen LogP contribution in [0.5, 0.6) is 0 Å². The Hall–Kier alpha value is -2.55. The molecular weight excluding hydrogens is 298 g/mol. The van der Waals surface area contributed by atoms with E-state index in [-0.39, 0.29) is 5.56 Å². The first kappa shape index (κ1) is 17.8. The Kier molecular flexibility index (Phi) is 5.80. The first-order valence-electron chi connectivity index (χ1n) is 8.21. The summed E-state index contributed by atoms with van der Waals surface area (Å²) >= 11 is 0. The number of benzene rings is 1. The molecule has 3 heteroatoms. The predicted molar refractivity (Wildman–Crippen MR) is 100 cm³/mol. The summed E-state index contributed by atoms with van der Waals surface area (Å²) in [5.74, 6) is -0.922. The van der Waals surface area contributed by atoms with Crippen LogP contribution >= 0.6 is 0 Å². The lowest BCUT2D eigenvalue weighted by atomic mass is 9.88.